The molecule has 0 aliphatic carbocycles. The van der Waals surface area contributed by atoms with Gasteiger partial charge in [-0.1, -0.05) is 6.08 Å². The lowest BCUT2D eigenvalue weighted by atomic mass is 10.3. The van der Waals surface area contributed by atoms with Gasteiger partial charge in [0, 0.05) is 31.2 Å². The van der Waals surface area contributed by atoms with Gasteiger partial charge in [-0.2, -0.15) is 0 Å². The van der Waals surface area contributed by atoms with Crippen molar-refractivity contribution in [1.82, 2.24) is 25.6 Å². The molecular formula is C15H16N6OS2. The lowest BCUT2D eigenvalue weighted by Crippen LogP contribution is -2.38. The fourth-order valence-corrected chi connectivity index (χ4v) is 3.52. The first kappa shape index (κ1) is 16.3. The molecule has 3 aromatic rings. The number of fused-ring (bicyclic) bond motifs is 1. The van der Waals surface area contributed by atoms with Crippen molar-refractivity contribution in [2.24, 2.45) is 0 Å². The summed E-state index contributed by atoms with van der Waals surface area (Å²) in [5.74, 6) is 0.527. The monoisotopic (exact) mass is 360 g/mol. The Kier molecular flexibility index (Phi) is 5.34. The molecule has 0 aliphatic heterocycles. The van der Waals surface area contributed by atoms with Crippen molar-refractivity contribution in [1.29, 1.82) is 0 Å². The molecule has 0 fully saturated rings. The molecule has 24 heavy (non-hydrogen) atoms. The summed E-state index contributed by atoms with van der Waals surface area (Å²) in [6.45, 7) is 4.96. The van der Waals surface area contributed by atoms with Gasteiger partial charge in [0.1, 0.15) is 10.7 Å². The van der Waals surface area contributed by atoms with Crippen LogP contribution in [0.15, 0.2) is 35.7 Å². The molecule has 124 valence electrons. The van der Waals surface area contributed by atoms with Gasteiger partial charge >= 0.3 is 6.03 Å². The molecule has 0 aromatic carbocycles. The second-order valence-corrected chi connectivity index (χ2v) is 6.53. The Balaban J connectivity index is 1.65. The smallest absolute Gasteiger partial charge is 0.315 e. The van der Waals surface area contributed by atoms with Crippen LogP contribution in [0.4, 0.5) is 10.7 Å². The van der Waals surface area contributed by atoms with E-state index in [9.17, 15) is 4.79 Å². The van der Waals surface area contributed by atoms with Gasteiger partial charge in [0.2, 0.25) is 5.95 Å². The first-order valence-electron chi connectivity index (χ1n) is 7.29. The predicted molar refractivity (Wildman–Crippen MR) is 98.6 cm³/mol. The van der Waals surface area contributed by atoms with Gasteiger partial charge in [0.25, 0.3) is 0 Å². The van der Waals surface area contributed by atoms with Crippen LogP contribution in [-0.4, -0.2) is 40.6 Å². The number of aromatic nitrogens is 3. The number of carbonyl (C=O) groups excluding carboxylic acids is 1. The highest BCUT2D eigenvalue weighted by molar-refractivity contribution is 7.18. The van der Waals surface area contributed by atoms with Gasteiger partial charge in [-0.05, 0) is 11.4 Å². The van der Waals surface area contributed by atoms with E-state index in [4.69, 9.17) is 0 Å². The molecule has 3 rings (SSSR count). The molecular weight excluding hydrogens is 344 g/mol. The number of rotatable bonds is 7. The normalized spacial score (nSPS) is 10.5. The molecule has 0 saturated carbocycles. The van der Waals surface area contributed by atoms with Gasteiger partial charge in [-0.15, -0.1) is 29.3 Å². The standard InChI is InChI=1S/C15H16N6OS2/c1-2-4-18-15(22)19-6-5-17-14-20-10-3-8-23-12(10)11(21-14)13-16-7-9-24-13/h2-3,7-9H,1,4-6H2,(H,17,20,21)(H2,18,19,22). The Morgan fingerprint density at radius 3 is 2.92 bits per heavy atom. The maximum absolute atomic E-state index is 11.4. The minimum absolute atomic E-state index is 0.227. The average Bonchev–Trinajstić information content (AvgIpc) is 3.27. The molecule has 0 unspecified atom stereocenters. The van der Waals surface area contributed by atoms with Crippen LogP contribution >= 0.6 is 22.7 Å². The van der Waals surface area contributed by atoms with Crippen LogP contribution in [0.5, 0.6) is 0 Å². The first-order valence-corrected chi connectivity index (χ1v) is 9.05. The van der Waals surface area contributed by atoms with Crippen molar-refractivity contribution in [2.75, 3.05) is 25.0 Å². The van der Waals surface area contributed by atoms with E-state index in [1.165, 1.54) is 0 Å². The Hall–Kier alpha value is -2.52. The van der Waals surface area contributed by atoms with Gasteiger partial charge in [0.05, 0.1) is 10.2 Å². The maximum Gasteiger partial charge on any atom is 0.315 e. The van der Waals surface area contributed by atoms with Crippen LogP contribution in [-0.2, 0) is 0 Å². The van der Waals surface area contributed by atoms with Crippen LogP contribution in [0, 0.1) is 0 Å². The van der Waals surface area contributed by atoms with Crippen molar-refractivity contribution in [3.63, 3.8) is 0 Å². The van der Waals surface area contributed by atoms with E-state index in [0.29, 0.717) is 25.6 Å². The van der Waals surface area contributed by atoms with Crippen molar-refractivity contribution in [2.45, 2.75) is 0 Å². The van der Waals surface area contributed by atoms with Gasteiger partial charge in [-0.25, -0.2) is 19.7 Å². The fraction of sp³-hybridized carbons (Fsp3) is 0.200. The van der Waals surface area contributed by atoms with Crippen molar-refractivity contribution in [3.05, 3.63) is 35.7 Å². The summed E-state index contributed by atoms with van der Waals surface area (Å²) in [6, 6.07) is 1.74. The Bertz CT molecular complexity index is 830. The van der Waals surface area contributed by atoms with E-state index < -0.39 is 0 Å². The number of carbonyl (C=O) groups is 1. The summed E-state index contributed by atoms with van der Waals surface area (Å²) >= 11 is 3.15. The molecule has 3 heterocycles. The molecule has 3 N–H and O–H groups in total. The van der Waals surface area contributed by atoms with Crippen molar-refractivity contribution in [3.8, 4) is 10.7 Å². The minimum atomic E-state index is -0.227. The average molecular weight is 360 g/mol. The molecule has 7 nitrogen and oxygen atoms in total. The SMILES string of the molecule is C=CCNC(=O)NCCNc1nc(-c2nccs2)c2sccc2n1. The first-order chi connectivity index (χ1) is 11.8. The Morgan fingerprint density at radius 2 is 2.12 bits per heavy atom. The quantitative estimate of drug-likeness (QED) is 0.445. The predicted octanol–water partition coefficient (Wildman–Crippen LogP) is 2.71. The summed E-state index contributed by atoms with van der Waals surface area (Å²) in [6.07, 6.45) is 3.39. The summed E-state index contributed by atoms with van der Waals surface area (Å²) in [5, 5.41) is 13.3. The lowest BCUT2D eigenvalue weighted by Gasteiger charge is -2.08. The summed E-state index contributed by atoms with van der Waals surface area (Å²) in [7, 11) is 0. The minimum Gasteiger partial charge on any atom is -0.352 e. The number of nitrogens with zero attached hydrogens (tertiary/aromatic N) is 3. The number of anilines is 1. The zero-order valence-corrected chi connectivity index (χ0v) is 14.4. The molecule has 9 heteroatoms. The number of thiophene rings is 1. The third-order valence-electron chi connectivity index (χ3n) is 3.04. The zero-order valence-electron chi connectivity index (χ0n) is 12.8. The van der Waals surface area contributed by atoms with E-state index in [0.717, 1.165) is 20.9 Å². The van der Waals surface area contributed by atoms with Gasteiger partial charge in [-0.3, -0.25) is 0 Å². The van der Waals surface area contributed by atoms with Crippen LogP contribution in [0.3, 0.4) is 0 Å². The molecule has 0 bridgehead atoms. The van der Waals surface area contributed by atoms with Crippen molar-refractivity contribution < 1.29 is 4.79 Å². The maximum atomic E-state index is 11.4. The van der Waals surface area contributed by atoms with E-state index in [1.807, 2.05) is 16.8 Å². The molecule has 0 spiro atoms. The summed E-state index contributed by atoms with van der Waals surface area (Å²) in [5.41, 5.74) is 1.73. The second-order valence-electron chi connectivity index (χ2n) is 4.72. The lowest BCUT2D eigenvalue weighted by molar-refractivity contribution is 0.242. The summed E-state index contributed by atoms with van der Waals surface area (Å²) in [4.78, 5) is 24.8. The third kappa shape index (κ3) is 3.87. The van der Waals surface area contributed by atoms with Gasteiger partial charge in [0.15, 0.2) is 0 Å². The Morgan fingerprint density at radius 1 is 1.21 bits per heavy atom. The number of hydrogen-bond acceptors (Lipinski definition) is 7. The molecule has 2 amide bonds. The van der Waals surface area contributed by atoms with E-state index >= 15 is 0 Å². The highest BCUT2D eigenvalue weighted by Crippen LogP contribution is 2.32. The van der Waals surface area contributed by atoms with Crippen LogP contribution in [0.1, 0.15) is 0 Å². The van der Waals surface area contributed by atoms with E-state index in [2.05, 4.69) is 37.5 Å². The number of urea groups is 1. The second kappa shape index (κ2) is 7.84. The van der Waals surface area contributed by atoms with Crippen LogP contribution < -0.4 is 16.0 Å². The number of nitrogens with one attached hydrogen (secondary N) is 3. The summed E-state index contributed by atoms with van der Waals surface area (Å²) < 4.78 is 1.03. The third-order valence-corrected chi connectivity index (χ3v) is 4.73. The highest BCUT2D eigenvalue weighted by Gasteiger charge is 2.12. The highest BCUT2D eigenvalue weighted by atomic mass is 32.1. The molecule has 3 aromatic heterocycles. The Labute approximate surface area is 146 Å². The topological polar surface area (TPSA) is 91.8 Å². The fourth-order valence-electron chi connectivity index (χ4n) is 2.01. The van der Waals surface area contributed by atoms with Crippen molar-refractivity contribution >= 4 is 44.9 Å². The molecule has 0 aliphatic rings. The largest absolute Gasteiger partial charge is 0.352 e. The molecule has 0 saturated heterocycles. The van der Waals surface area contributed by atoms with Crippen LogP contribution in [0.2, 0.25) is 0 Å². The number of hydrogen-bond donors (Lipinski definition) is 3. The number of thiazole rings is 1. The van der Waals surface area contributed by atoms with Gasteiger partial charge < -0.3 is 16.0 Å². The molecule has 0 radical (unpaired) electrons. The van der Waals surface area contributed by atoms with E-state index in [1.54, 1.807) is 34.9 Å². The zero-order chi connectivity index (χ0) is 16.8. The molecule has 0 atom stereocenters. The van der Waals surface area contributed by atoms with E-state index in [-0.39, 0.29) is 6.03 Å². The van der Waals surface area contributed by atoms with Crippen LogP contribution in [0.25, 0.3) is 20.9 Å². The number of amides is 2.